The third kappa shape index (κ3) is 4.67. The fraction of sp³-hybridized carbons (Fsp3) is 0.170. The van der Waals surface area contributed by atoms with Gasteiger partial charge < -0.3 is 9.32 Å². The first-order valence-corrected chi connectivity index (χ1v) is 19.9. The lowest BCUT2D eigenvalue weighted by Gasteiger charge is -2.35. The molecule has 4 atom stereocenters. The van der Waals surface area contributed by atoms with Crippen LogP contribution in [0.1, 0.15) is 48.9 Å². The summed E-state index contributed by atoms with van der Waals surface area (Å²) in [4.78, 5) is 2.61. The Kier molecular flexibility index (Phi) is 6.37. The molecule has 6 aromatic carbocycles. The van der Waals surface area contributed by atoms with Crippen LogP contribution in [0.3, 0.4) is 0 Å². The third-order valence-corrected chi connectivity index (χ3v) is 13.4. The Morgan fingerprint density at radius 1 is 0.582 bits per heavy atom. The first-order valence-electron chi connectivity index (χ1n) is 19.9. The second kappa shape index (κ2) is 11.2. The predicted molar refractivity (Wildman–Crippen MR) is 228 cm³/mol. The summed E-state index contributed by atoms with van der Waals surface area (Å²) in [6, 6.07) is 49.4. The van der Waals surface area contributed by atoms with Crippen LogP contribution in [-0.2, 0) is 5.41 Å². The lowest BCUT2D eigenvalue weighted by atomic mass is 9.82. The van der Waals surface area contributed by atoms with Crippen molar-refractivity contribution in [2.45, 2.75) is 37.6 Å². The van der Waals surface area contributed by atoms with E-state index in [9.17, 15) is 0 Å². The highest BCUT2D eigenvalue weighted by molar-refractivity contribution is 6.10. The molecule has 5 aliphatic carbocycles. The molecule has 0 radical (unpaired) electrons. The quantitative estimate of drug-likeness (QED) is 0.171. The van der Waals surface area contributed by atoms with Gasteiger partial charge in [0.05, 0.1) is 5.54 Å². The van der Waals surface area contributed by atoms with Gasteiger partial charge in [-0.2, -0.15) is 0 Å². The Balaban J connectivity index is 0.880. The number of hydrogen-bond acceptors (Lipinski definition) is 2. The zero-order chi connectivity index (χ0) is 36.5. The summed E-state index contributed by atoms with van der Waals surface area (Å²) in [7, 11) is 0. The van der Waals surface area contributed by atoms with E-state index in [2.05, 4.69) is 189 Å². The molecule has 0 amide bonds. The zero-order valence-corrected chi connectivity index (χ0v) is 31.2. The molecule has 7 aromatic rings. The molecule has 0 aliphatic heterocycles. The van der Waals surface area contributed by atoms with Crippen LogP contribution in [0.25, 0.3) is 55.3 Å². The third-order valence-electron chi connectivity index (χ3n) is 13.4. The first kappa shape index (κ1) is 31.3. The van der Waals surface area contributed by atoms with Crippen LogP contribution >= 0.6 is 0 Å². The molecule has 0 N–H and O–H groups in total. The Hall–Kier alpha value is -6.12. The standard InChI is InChI=1S/C53H41NO/c1-52(2)48-14-8-6-12-43(48)44-23-22-42(31-49(44)52)54(41-10-4-3-5-11-41)53-25-24-36(28-40(53)32-53)33-16-18-34(19-17-33)39-29-46(37-21-20-35-26-38(35)27-37)51-47(30-39)45-13-7-9-15-50(45)55-51/h3-25,27-31,35,38,40H,26,32H2,1-2H3. The molecule has 0 bridgehead atoms. The van der Waals surface area contributed by atoms with E-state index in [1.54, 1.807) is 0 Å². The van der Waals surface area contributed by atoms with Crippen molar-refractivity contribution in [3.63, 3.8) is 0 Å². The molecule has 264 valence electrons. The summed E-state index contributed by atoms with van der Waals surface area (Å²) in [5.74, 6) is 1.82. The number of benzene rings is 6. The Bertz CT molecular complexity index is 2860. The average Bonchev–Trinajstić information content (AvgIpc) is 4.12. The van der Waals surface area contributed by atoms with Gasteiger partial charge in [-0.1, -0.05) is 141 Å². The van der Waals surface area contributed by atoms with Gasteiger partial charge in [-0.05, 0) is 117 Å². The van der Waals surface area contributed by atoms with Gasteiger partial charge in [0.25, 0.3) is 0 Å². The maximum absolute atomic E-state index is 6.52. The van der Waals surface area contributed by atoms with Gasteiger partial charge in [0.15, 0.2) is 0 Å². The summed E-state index contributed by atoms with van der Waals surface area (Å²) in [5, 5.41) is 2.35. The smallest absolute Gasteiger partial charge is 0.143 e. The normalized spacial score (nSPS) is 23.4. The van der Waals surface area contributed by atoms with Crippen LogP contribution in [0.2, 0.25) is 0 Å². The Labute approximate surface area is 322 Å². The van der Waals surface area contributed by atoms with Gasteiger partial charge in [-0.15, -0.1) is 0 Å². The topological polar surface area (TPSA) is 16.4 Å². The van der Waals surface area contributed by atoms with Crippen LogP contribution in [0.5, 0.6) is 0 Å². The number of rotatable bonds is 6. The fourth-order valence-electron chi connectivity index (χ4n) is 10.2. The second-order valence-electron chi connectivity index (χ2n) is 16.9. The molecule has 2 heteroatoms. The summed E-state index contributed by atoms with van der Waals surface area (Å²) < 4.78 is 6.52. The maximum atomic E-state index is 6.52. The van der Waals surface area contributed by atoms with E-state index in [0.717, 1.165) is 23.5 Å². The highest BCUT2D eigenvalue weighted by Gasteiger charge is 2.57. The number of anilines is 2. The van der Waals surface area contributed by atoms with Crippen molar-refractivity contribution < 1.29 is 4.42 Å². The van der Waals surface area contributed by atoms with Gasteiger partial charge in [-0.25, -0.2) is 0 Å². The monoisotopic (exact) mass is 707 g/mol. The molecular formula is C53H41NO. The summed E-state index contributed by atoms with van der Waals surface area (Å²) in [6.45, 7) is 4.75. The summed E-state index contributed by atoms with van der Waals surface area (Å²) in [5.41, 5.74) is 17.3. The minimum Gasteiger partial charge on any atom is -0.455 e. The minimum atomic E-state index is -0.0868. The molecule has 0 saturated heterocycles. The number of allylic oxidation sites excluding steroid dienone is 6. The Morgan fingerprint density at radius 2 is 1.36 bits per heavy atom. The molecule has 12 rings (SSSR count). The highest BCUT2D eigenvalue weighted by atomic mass is 16.3. The lowest BCUT2D eigenvalue weighted by Crippen LogP contribution is -2.34. The van der Waals surface area contributed by atoms with Gasteiger partial charge in [-0.3, -0.25) is 0 Å². The van der Waals surface area contributed by atoms with E-state index in [4.69, 9.17) is 4.42 Å². The van der Waals surface area contributed by atoms with Crippen molar-refractivity contribution in [3.05, 3.63) is 192 Å². The van der Waals surface area contributed by atoms with Crippen molar-refractivity contribution in [1.82, 2.24) is 0 Å². The van der Waals surface area contributed by atoms with Gasteiger partial charge in [0.2, 0.25) is 0 Å². The molecule has 5 aliphatic rings. The van der Waals surface area contributed by atoms with E-state index in [1.807, 2.05) is 0 Å². The zero-order valence-electron chi connectivity index (χ0n) is 31.2. The van der Waals surface area contributed by atoms with Crippen molar-refractivity contribution in [2.24, 2.45) is 17.8 Å². The van der Waals surface area contributed by atoms with Crippen LogP contribution in [-0.4, -0.2) is 5.54 Å². The molecule has 4 unspecified atom stereocenters. The highest BCUT2D eigenvalue weighted by Crippen LogP contribution is 2.59. The SMILES string of the molecule is CC1(C)c2ccccc2-c2ccc(N(c3ccccc3)C34C=CC(c5ccc(-c6cc(C7=CC8CC8C=C7)c7oc8ccccc8c7c6)cc5)=CC3C4)cc21. The molecular weight excluding hydrogens is 667 g/mol. The molecule has 2 saturated carbocycles. The van der Waals surface area contributed by atoms with E-state index in [1.165, 1.54) is 84.2 Å². The number of hydrogen-bond donors (Lipinski definition) is 0. The first-order chi connectivity index (χ1) is 26.9. The van der Waals surface area contributed by atoms with E-state index in [0.29, 0.717) is 11.8 Å². The second-order valence-corrected chi connectivity index (χ2v) is 16.9. The molecule has 1 aromatic heterocycles. The average molecular weight is 708 g/mol. The summed E-state index contributed by atoms with van der Waals surface area (Å²) in [6.07, 6.45) is 16.9. The van der Waals surface area contributed by atoms with E-state index >= 15 is 0 Å². The molecule has 2 fully saturated rings. The van der Waals surface area contributed by atoms with Gasteiger partial charge in [0, 0.05) is 39.0 Å². The van der Waals surface area contributed by atoms with Crippen LogP contribution < -0.4 is 4.90 Å². The van der Waals surface area contributed by atoms with Crippen molar-refractivity contribution >= 4 is 44.5 Å². The minimum absolute atomic E-state index is 0.0450. The van der Waals surface area contributed by atoms with Gasteiger partial charge >= 0.3 is 0 Å². The van der Waals surface area contributed by atoms with Crippen LogP contribution in [0.15, 0.2) is 174 Å². The number of fused-ring (bicyclic) bond motifs is 8. The van der Waals surface area contributed by atoms with Crippen molar-refractivity contribution in [1.29, 1.82) is 0 Å². The number of nitrogens with zero attached hydrogens (tertiary/aromatic N) is 1. The maximum Gasteiger partial charge on any atom is 0.143 e. The molecule has 55 heavy (non-hydrogen) atoms. The number of para-hydroxylation sites is 2. The Morgan fingerprint density at radius 3 is 2.22 bits per heavy atom. The predicted octanol–water partition coefficient (Wildman–Crippen LogP) is 13.7. The van der Waals surface area contributed by atoms with Gasteiger partial charge in [0.1, 0.15) is 11.2 Å². The molecule has 1 heterocycles. The fourth-order valence-corrected chi connectivity index (χ4v) is 10.2. The van der Waals surface area contributed by atoms with Crippen molar-refractivity contribution in [2.75, 3.05) is 4.90 Å². The van der Waals surface area contributed by atoms with E-state index in [-0.39, 0.29) is 11.0 Å². The number of furan rings is 1. The van der Waals surface area contributed by atoms with Crippen LogP contribution in [0.4, 0.5) is 11.4 Å². The summed E-state index contributed by atoms with van der Waals surface area (Å²) >= 11 is 0. The molecule has 0 spiro atoms. The lowest BCUT2D eigenvalue weighted by molar-refractivity contribution is 0.659. The van der Waals surface area contributed by atoms with E-state index < -0.39 is 0 Å². The van der Waals surface area contributed by atoms with Crippen LogP contribution in [0, 0.1) is 17.8 Å². The largest absolute Gasteiger partial charge is 0.455 e. The van der Waals surface area contributed by atoms with Crippen molar-refractivity contribution in [3.8, 4) is 22.3 Å². The molecule has 2 nitrogen and oxygen atoms in total.